The number of hydrogen-bond donors (Lipinski definition) is 3. The molecule has 0 heterocycles. The van der Waals surface area contributed by atoms with Crippen molar-refractivity contribution in [1.82, 2.24) is 16.0 Å². The third-order valence-corrected chi connectivity index (χ3v) is 3.11. The van der Waals surface area contributed by atoms with Crippen LogP contribution in [0, 0.1) is 0 Å². The SMILES string of the molecule is CCCC(NC(=O)Cc1ccccc1)C(=O)NCCNC. The third kappa shape index (κ3) is 6.90. The van der Waals surface area contributed by atoms with Crippen LogP contribution in [0.5, 0.6) is 0 Å². The second kappa shape index (κ2) is 9.94. The van der Waals surface area contributed by atoms with Gasteiger partial charge in [-0.25, -0.2) is 0 Å². The van der Waals surface area contributed by atoms with Crippen molar-refractivity contribution < 1.29 is 9.59 Å². The summed E-state index contributed by atoms with van der Waals surface area (Å²) in [6.07, 6.45) is 1.78. The average Bonchev–Trinajstić information content (AvgIpc) is 2.48. The molecule has 3 N–H and O–H groups in total. The van der Waals surface area contributed by atoms with Crippen LogP contribution in [0.3, 0.4) is 0 Å². The highest BCUT2D eigenvalue weighted by molar-refractivity contribution is 5.88. The zero-order valence-electron chi connectivity index (χ0n) is 12.8. The number of rotatable bonds is 9. The first kappa shape index (κ1) is 17.2. The Morgan fingerprint density at radius 1 is 1.14 bits per heavy atom. The van der Waals surface area contributed by atoms with Crippen LogP contribution >= 0.6 is 0 Å². The normalized spacial score (nSPS) is 11.7. The molecule has 0 saturated carbocycles. The van der Waals surface area contributed by atoms with E-state index in [1.165, 1.54) is 0 Å². The Kier molecular flexibility index (Phi) is 8.12. The van der Waals surface area contributed by atoms with Crippen LogP contribution in [-0.4, -0.2) is 38.0 Å². The molecule has 0 radical (unpaired) electrons. The van der Waals surface area contributed by atoms with Crippen molar-refractivity contribution in [2.45, 2.75) is 32.2 Å². The standard InChI is InChI=1S/C16H25N3O2/c1-3-7-14(16(21)18-11-10-17-2)19-15(20)12-13-8-5-4-6-9-13/h4-6,8-9,14,17H,3,7,10-12H2,1-2H3,(H,18,21)(H,19,20). The molecule has 1 aromatic carbocycles. The van der Waals surface area contributed by atoms with Crippen LogP contribution in [-0.2, 0) is 16.0 Å². The highest BCUT2D eigenvalue weighted by atomic mass is 16.2. The minimum Gasteiger partial charge on any atom is -0.353 e. The van der Waals surface area contributed by atoms with Gasteiger partial charge in [-0.3, -0.25) is 9.59 Å². The van der Waals surface area contributed by atoms with Crippen LogP contribution in [0.2, 0.25) is 0 Å². The second-order valence-corrected chi connectivity index (χ2v) is 4.97. The van der Waals surface area contributed by atoms with Gasteiger partial charge in [-0.2, -0.15) is 0 Å². The van der Waals surface area contributed by atoms with Gasteiger partial charge < -0.3 is 16.0 Å². The number of nitrogens with one attached hydrogen (secondary N) is 3. The van der Waals surface area contributed by atoms with E-state index in [-0.39, 0.29) is 11.8 Å². The van der Waals surface area contributed by atoms with E-state index >= 15 is 0 Å². The maximum absolute atomic E-state index is 12.0. The number of carbonyl (C=O) groups excluding carboxylic acids is 2. The molecule has 1 unspecified atom stereocenters. The molecule has 116 valence electrons. The molecule has 0 bridgehead atoms. The van der Waals surface area contributed by atoms with E-state index in [9.17, 15) is 9.59 Å². The molecule has 0 aliphatic heterocycles. The van der Waals surface area contributed by atoms with Crippen molar-refractivity contribution >= 4 is 11.8 Å². The Morgan fingerprint density at radius 3 is 2.48 bits per heavy atom. The zero-order valence-corrected chi connectivity index (χ0v) is 12.8. The highest BCUT2D eigenvalue weighted by Gasteiger charge is 2.19. The summed E-state index contributed by atoms with van der Waals surface area (Å²) in [5, 5.41) is 8.61. The Morgan fingerprint density at radius 2 is 1.86 bits per heavy atom. The van der Waals surface area contributed by atoms with Gasteiger partial charge in [-0.05, 0) is 19.0 Å². The minimum atomic E-state index is -0.455. The average molecular weight is 291 g/mol. The summed E-state index contributed by atoms with van der Waals surface area (Å²) < 4.78 is 0. The summed E-state index contributed by atoms with van der Waals surface area (Å²) >= 11 is 0. The summed E-state index contributed by atoms with van der Waals surface area (Å²) in [6.45, 7) is 3.27. The first-order chi connectivity index (χ1) is 10.2. The van der Waals surface area contributed by atoms with Crippen LogP contribution in [0.15, 0.2) is 30.3 Å². The quantitative estimate of drug-likeness (QED) is 0.591. The summed E-state index contributed by atoms with van der Waals surface area (Å²) in [4.78, 5) is 24.1. The Balaban J connectivity index is 2.48. The largest absolute Gasteiger partial charge is 0.353 e. The van der Waals surface area contributed by atoms with Crippen molar-refractivity contribution in [3.63, 3.8) is 0 Å². The molecule has 0 aromatic heterocycles. The van der Waals surface area contributed by atoms with Gasteiger partial charge in [-0.15, -0.1) is 0 Å². The van der Waals surface area contributed by atoms with Gasteiger partial charge in [0.1, 0.15) is 6.04 Å². The lowest BCUT2D eigenvalue weighted by Gasteiger charge is -2.18. The van der Waals surface area contributed by atoms with Crippen LogP contribution in [0.4, 0.5) is 0 Å². The number of amides is 2. The lowest BCUT2D eigenvalue weighted by atomic mass is 10.1. The van der Waals surface area contributed by atoms with Crippen molar-refractivity contribution in [3.05, 3.63) is 35.9 Å². The van der Waals surface area contributed by atoms with Gasteiger partial charge in [0, 0.05) is 13.1 Å². The van der Waals surface area contributed by atoms with Crippen molar-refractivity contribution in [3.8, 4) is 0 Å². The van der Waals surface area contributed by atoms with Gasteiger partial charge in [0.05, 0.1) is 6.42 Å². The summed E-state index contributed by atoms with van der Waals surface area (Å²) in [6, 6.07) is 9.06. The van der Waals surface area contributed by atoms with Gasteiger partial charge in [0.25, 0.3) is 0 Å². The molecular formula is C16H25N3O2. The maximum atomic E-state index is 12.0. The molecule has 5 nitrogen and oxygen atoms in total. The Hall–Kier alpha value is -1.88. The van der Waals surface area contributed by atoms with E-state index in [4.69, 9.17) is 0 Å². The van der Waals surface area contributed by atoms with Crippen LogP contribution < -0.4 is 16.0 Å². The van der Waals surface area contributed by atoms with Crippen molar-refractivity contribution in [2.24, 2.45) is 0 Å². The van der Waals surface area contributed by atoms with Gasteiger partial charge in [0.2, 0.25) is 11.8 Å². The van der Waals surface area contributed by atoms with Crippen LogP contribution in [0.25, 0.3) is 0 Å². The van der Waals surface area contributed by atoms with E-state index in [1.54, 1.807) is 0 Å². The lowest BCUT2D eigenvalue weighted by Crippen LogP contribution is -2.48. The van der Waals surface area contributed by atoms with Gasteiger partial charge in [0.15, 0.2) is 0 Å². The minimum absolute atomic E-state index is 0.117. The Labute approximate surface area is 126 Å². The van der Waals surface area contributed by atoms with Crippen molar-refractivity contribution in [2.75, 3.05) is 20.1 Å². The predicted octanol–water partition coefficient (Wildman–Crippen LogP) is 0.850. The first-order valence-electron chi connectivity index (χ1n) is 7.43. The van der Waals surface area contributed by atoms with Gasteiger partial charge in [-0.1, -0.05) is 43.7 Å². The summed E-state index contributed by atoms with van der Waals surface area (Å²) in [5.41, 5.74) is 0.945. The summed E-state index contributed by atoms with van der Waals surface area (Å²) in [5.74, 6) is -0.239. The van der Waals surface area contributed by atoms with E-state index in [0.29, 0.717) is 25.9 Å². The highest BCUT2D eigenvalue weighted by Crippen LogP contribution is 2.02. The number of likely N-dealkylation sites (N-methyl/N-ethyl adjacent to an activating group) is 1. The topological polar surface area (TPSA) is 70.2 Å². The van der Waals surface area contributed by atoms with E-state index in [1.807, 2.05) is 44.3 Å². The molecular weight excluding hydrogens is 266 g/mol. The van der Waals surface area contributed by atoms with E-state index < -0.39 is 6.04 Å². The maximum Gasteiger partial charge on any atom is 0.242 e. The fraction of sp³-hybridized carbons (Fsp3) is 0.500. The lowest BCUT2D eigenvalue weighted by molar-refractivity contribution is -0.128. The molecule has 0 saturated heterocycles. The number of carbonyl (C=O) groups is 2. The molecule has 0 aliphatic carbocycles. The molecule has 1 rings (SSSR count). The smallest absolute Gasteiger partial charge is 0.242 e. The molecule has 21 heavy (non-hydrogen) atoms. The molecule has 5 heteroatoms. The second-order valence-electron chi connectivity index (χ2n) is 4.97. The number of benzene rings is 1. The van der Waals surface area contributed by atoms with Crippen LogP contribution in [0.1, 0.15) is 25.3 Å². The molecule has 1 atom stereocenters. The first-order valence-corrected chi connectivity index (χ1v) is 7.43. The fourth-order valence-electron chi connectivity index (χ4n) is 2.02. The van der Waals surface area contributed by atoms with E-state index in [2.05, 4.69) is 16.0 Å². The monoisotopic (exact) mass is 291 g/mol. The van der Waals surface area contributed by atoms with Crippen molar-refractivity contribution in [1.29, 1.82) is 0 Å². The van der Waals surface area contributed by atoms with E-state index in [0.717, 1.165) is 12.0 Å². The zero-order chi connectivity index (χ0) is 15.5. The third-order valence-electron chi connectivity index (χ3n) is 3.11. The summed E-state index contributed by atoms with van der Waals surface area (Å²) in [7, 11) is 1.83. The van der Waals surface area contributed by atoms with Gasteiger partial charge >= 0.3 is 0 Å². The molecule has 1 aromatic rings. The molecule has 0 fully saturated rings. The fourth-order valence-corrected chi connectivity index (χ4v) is 2.02. The molecule has 2 amide bonds. The Bertz CT molecular complexity index is 434. The molecule has 0 spiro atoms. The molecule has 0 aliphatic rings. The number of hydrogen-bond acceptors (Lipinski definition) is 3. The predicted molar refractivity (Wildman–Crippen MR) is 83.9 cm³/mol.